The van der Waals surface area contributed by atoms with Gasteiger partial charge in [0.15, 0.2) is 0 Å². The second-order valence-corrected chi connectivity index (χ2v) is 4.15. The second kappa shape index (κ2) is 7.68. The summed E-state index contributed by atoms with van der Waals surface area (Å²) in [7, 11) is 0. The van der Waals surface area contributed by atoms with Crippen LogP contribution in [0.5, 0.6) is 0 Å². The van der Waals surface area contributed by atoms with Gasteiger partial charge < -0.3 is 16.4 Å². The summed E-state index contributed by atoms with van der Waals surface area (Å²) < 4.78 is 0. The Morgan fingerprint density at radius 2 is 2.00 bits per heavy atom. The van der Waals surface area contributed by atoms with Crippen molar-refractivity contribution >= 4 is 23.4 Å². The molecule has 0 spiro atoms. The van der Waals surface area contributed by atoms with Gasteiger partial charge in [-0.05, 0) is 24.1 Å². The van der Waals surface area contributed by atoms with Crippen molar-refractivity contribution in [3.8, 4) is 0 Å². The number of amides is 2. The smallest absolute Gasteiger partial charge is 0.239 e. The van der Waals surface area contributed by atoms with E-state index in [0.29, 0.717) is 18.0 Å². The zero-order valence-corrected chi connectivity index (χ0v) is 10.7. The fourth-order valence-electron chi connectivity index (χ4n) is 1.35. The fourth-order valence-corrected chi connectivity index (χ4v) is 1.57. The quantitative estimate of drug-likeness (QED) is 0.683. The summed E-state index contributed by atoms with van der Waals surface area (Å²) in [6.45, 7) is 0.332. The number of rotatable bonds is 6. The molecule has 0 aliphatic heterocycles. The first-order valence-electron chi connectivity index (χ1n) is 5.59. The summed E-state index contributed by atoms with van der Waals surface area (Å²) in [5, 5.41) is 5.76. The van der Waals surface area contributed by atoms with Gasteiger partial charge in [-0.15, -0.1) is 0 Å². The van der Waals surface area contributed by atoms with E-state index in [0.717, 1.165) is 5.56 Å². The summed E-state index contributed by atoms with van der Waals surface area (Å²) in [6, 6.07) is 7.45. The molecule has 0 heterocycles. The number of nitrogens with one attached hydrogen (secondary N) is 2. The van der Waals surface area contributed by atoms with E-state index < -0.39 is 0 Å². The van der Waals surface area contributed by atoms with Crippen molar-refractivity contribution in [2.75, 3.05) is 19.6 Å². The Morgan fingerprint density at radius 1 is 1.22 bits per heavy atom. The number of hydrogen-bond donors (Lipinski definition) is 3. The van der Waals surface area contributed by atoms with Crippen LogP contribution in [-0.4, -0.2) is 31.4 Å². The molecule has 1 aromatic rings. The van der Waals surface area contributed by atoms with Crippen LogP contribution in [0, 0.1) is 0 Å². The molecule has 0 bridgehead atoms. The third-order valence-corrected chi connectivity index (χ3v) is 2.49. The van der Waals surface area contributed by atoms with Crippen molar-refractivity contribution in [1.82, 2.24) is 10.6 Å². The highest BCUT2D eigenvalue weighted by atomic mass is 35.5. The maximum absolute atomic E-state index is 11.3. The first kappa shape index (κ1) is 14.5. The predicted molar refractivity (Wildman–Crippen MR) is 70.2 cm³/mol. The van der Waals surface area contributed by atoms with Crippen LogP contribution >= 0.6 is 11.6 Å². The van der Waals surface area contributed by atoms with Crippen molar-refractivity contribution in [1.29, 1.82) is 0 Å². The van der Waals surface area contributed by atoms with E-state index in [9.17, 15) is 9.59 Å². The molecule has 0 aromatic heterocycles. The number of hydrogen-bond acceptors (Lipinski definition) is 3. The number of benzene rings is 1. The fraction of sp³-hybridized carbons (Fsp3) is 0.333. The van der Waals surface area contributed by atoms with E-state index in [2.05, 4.69) is 10.6 Å². The zero-order chi connectivity index (χ0) is 13.4. The van der Waals surface area contributed by atoms with E-state index in [4.69, 9.17) is 17.3 Å². The molecule has 0 aliphatic rings. The number of halogens is 1. The lowest BCUT2D eigenvalue weighted by Gasteiger charge is -2.06. The van der Waals surface area contributed by atoms with Gasteiger partial charge in [0.25, 0.3) is 0 Å². The Kier molecular flexibility index (Phi) is 6.18. The summed E-state index contributed by atoms with van der Waals surface area (Å²) in [4.78, 5) is 22.1. The lowest BCUT2D eigenvalue weighted by Crippen LogP contribution is -2.40. The van der Waals surface area contributed by atoms with Crippen molar-refractivity contribution in [2.24, 2.45) is 5.73 Å². The Bertz CT molecular complexity index is 424. The van der Waals surface area contributed by atoms with Crippen molar-refractivity contribution in [2.45, 2.75) is 6.42 Å². The van der Waals surface area contributed by atoms with Gasteiger partial charge in [-0.25, -0.2) is 0 Å². The molecule has 0 saturated carbocycles. The van der Waals surface area contributed by atoms with Crippen LogP contribution in [0.3, 0.4) is 0 Å². The van der Waals surface area contributed by atoms with Crippen LogP contribution in [0.25, 0.3) is 0 Å². The monoisotopic (exact) mass is 269 g/mol. The molecule has 0 radical (unpaired) electrons. The Hall–Kier alpha value is -1.59. The number of carbonyl (C=O) groups is 2. The molecule has 0 saturated heterocycles. The van der Waals surface area contributed by atoms with Gasteiger partial charge in [-0.3, -0.25) is 9.59 Å². The van der Waals surface area contributed by atoms with Crippen molar-refractivity contribution in [3.05, 3.63) is 34.9 Å². The molecular formula is C12H16ClN3O2. The van der Waals surface area contributed by atoms with Crippen LogP contribution in [0.1, 0.15) is 5.56 Å². The summed E-state index contributed by atoms with van der Waals surface area (Å²) in [6.07, 6.45) is 0.692. The van der Waals surface area contributed by atoms with Crippen LogP contribution < -0.4 is 16.4 Å². The van der Waals surface area contributed by atoms with Crippen molar-refractivity contribution < 1.29 is 9.59 Å². The molecule has 0 aliphatic carbocycles. The highest BCUT2D eigenvalue weighted by molar-refractivity contribution is 6.30. The van der Waals surface area contributed by atoms with Crippen LogP contribution in [-0.2, 0) is 16.0 Å². The first-order valence-corrected chi connectivity index (χ1v) is 5.97. The maximum Gasteiger partial charge on any atom is 0.239 e. The van der Waals surface area contributed by atoms with E-state index in [1.807, 2.05) is 18.2 Å². The SMILES string of the molecule is NCC(=O)NCC(=O)NCCc1cccc(Cl)c1. The minimum absolute atomic E-state index is 0.0500. The predicted octanol–water partition coefficient (Wildman–Crippen LogP) is 0.0736. The van der Waals surface area contributed by atoms with Gasteiger partial charge in [0.05, 0.1) is 13.1 Å². The molecule has 6 heteroatoms. The highest BCUT2D eigenvalue weighted by Gasteiger charge is 2.03. The Balaban J connectivity index is 2.21. The molecule has 4 N–H and O–H groups in total. The van der Waals surface area contributed by atoms with Gasteiger partial charge in [0.2, 0.25) is 11.8 Å². The van der Waals surface area contributed by atoms with Crippen LogP contribution in [0.15, 0.2) is 24.3 Å². The van der Waals surface area contributed by atoms with Gasteiger partial charge in [-0.1, -0.05) is 23.7 Å². The third-order valence-electron chi connectivity index (χ3n) is 2.26. The minimum atomic E-state index is -0.347. The summed E-state index contributed by atoms with van der Waals surface area (Å²) in [5.41, 5.74) is 6.14. The topological polar surface area (TPSA) is 84.2 Å². The van der Waals surface area contributed by atoms with Crippen LogP contribution in [0.4, 0.5) is 0 Å². The lowest BCUT2D eigenvalue weighted by atomic mass is 10.1. The van der Waals surface area contributed by atoms with E-state index >= 15 is 0 Å². The van der Waals surface area contributed by atoms with Gasteiger partial charge in [0, 0.05) is 11.6 Å². The Labute approximate surface area is 111 Å². The molecule has 98 valence electrons. The third kappa shape index (κ3) is 5.65. The Morgan fingerprint density at radius 3 is 2.67 bits per heavy atom. The molecule has 0 fully saturated rings. The number of carbonyl (C=O) groups excluding carboxylic acids is 2. The first-order chi connectivity index (χ1) is 8.61. The van der Waals surface area contributed by atoms with Crippen molar-refractivity contribution in [3.63, 3.8) is 0 Å². The van der Waals surface area contributed by atoms with E-state index in [-0.39, 0.29) is 24.9 Å². The van der Waals surface area contributed by atoms with Gasteiger partial charge in [-0.2, -0.15) is 0 Å². The minimum Gasteiger partial charge on any atom is -0.354 e. The average molecular weight is 270 g/mol. The lowest BCUT2D eigenvalue weighted by molar-refractivity contribution is -0.125. The van der Waals surface area contributed by atoms with Crippen LogP contribution in [0.2, 0.25) is 5.02 Å². The van der Waals surface area contributed by atoms with Gasteiger partial charge in [0.1, 0.15) is 0 Å². The second-order valence-electron chi connectivity index (χ2n) is 3.71. The largest absolute Gasteiger partial charge is 0.354 e. The zero-order valence-electron chi connectivity index (χ0n) is 9.91. The number of nitrogens with two attached hydrogens (primary N) is 1. The molecule has 1 aromatic carbocycles. The summed E-state index contributed by atoms with van der Waals surface area (Å²) in [5.74, 6) is -0.584. The maximum atomic E-state index is 11.3. The standard InChI is InChI=1S/C12H16ClN3O2/c13-10-3-1-2-9(6-10)4-5-15-12(18)8-16-11(17)7-14/h1-3,6H,4-5,7-8,14H2,(H,15,18)(H,16,17). The molecular weight excluding hydrogens is 254 g/mol. The molecule has 18 heavy (non-hydrogen) atoms. The summed E-state index contributed by atoms with van der Waals surface area (Å²) >= 11 is 5.84. The average Bonchev–Trinajstić information content (AvgIpc) is 2.36. The highest BCUT2D eigenvalue weighted by Crippen LogP contribution is 2.10. The van der Waals surface area contributed by atoms with Gasteiger partial charge >= 0.3 is 0 Å². The van der Waals surface area contributed by atoms with E-state index in [1.54, 1.807) is 6.07 Å². The molecule has 2 amide bonds. The molecule has 0 unspecified atom stereocenters. The molecule has 0 atom stereocenters. The molecule has 1 rings (SSSR count). The van der Waals surface area contributed by atoms with E-state index in [1.165, 1.54) is 0 Å². The molecule has 5 nitrogen and oxygen atoms in total. The normalized spacial score (nSPS) is 9.89.